The lowest BCUT2D eigenvalue weighted by molar-refractivity contribution is 0.485. The van der Waals surface area contributed by atoms with E-state index in [4.69, 9.17) is 4.18 Å². The van der Waals surface area contributed by atoms with Crippen molar-refractivity contribution in [2.45, 2.75) is 13.3 Å². The Morgan fingerprint density at radius 2 is 1.75 bits per heavy atom. The predicted molar refractivity (Wildman–Crippen MR) is 93.8 cm³/mol. The number of fused-ring (bicyclic) bond motifs is 1. The van der Waals surface area contributed by atoms with E-state index in [0.717, 1.165) is 0 Å². The molecule has 1 aromatic carbocycles. The van der Waals surface area contributed by atoms with Gasteiger partial charge in [-0.2, -0.15) is 8.42 Å². The van der Waals surface area contributed by atoms with Crippen molar-refractivity contribution >= 4 is 15.6 Å². The normalized spacial score (nSPS) is 11.5. The van der Waals surface area contributed by atoms with E-state index in [1.807, 2.05) is 6.07 Å². The first-order valence-electron chi connectivity index (χ1n) is 7.64. The van der Waals surface area contributed by atoms with Gasteiger partial charge in [-0.1, -0.05) is 43.3 Å². The Kier molecular flexibility index (Phi) is 4.40. The predicted octanol–water partition coefficient (Wildman–Crippen LogP) is 3.09. The SMILES string of the molecule is CCCS(=O)(=O)Oc1cc2ccccn2c(=O)c1-c1ccccc1. The van der Waals surface area contributed by atoms with Crippen LogP contribution >= 0.6 is 0 Å². The smallest absolute Gasteiger partial charge is 0.309 e. The maximum Gasteiger partial charge on any atom is 0.309 e. The van der Waals surface area contributed by atoms with Crippen molar-refractivity contribution in [3.63, 3.8) is 0 Å². The van der Waals surface area contributed by atoms with Crippen molar-refractivity contribution in [2.75, 3.05) is 5.75 Å². The lowest BCUT2D eigenvalue weighted by Crippen LogP contribution is -2.20. The summed E-state index contributed by atoms with van der Waals surface area (Å²) in [5, 5.41) is 0. The number of hydrogen-bond donors (Lipinski definition) is 0. The molecule has 2 aromatic heterocycles. The molecule has 0 unspecified atom stereocenters. The Bertz CT molecular complexity index is 1020. The van der Waals surface area contributed by atoms with Crippen LogP contribution in [-0.2, 0) is 10.1 Å². The zero-order valence-electron chi connectivity index (χ0n) is 13.2. The minimum Gasteiger partial charge on any atom is -0.381 e. The first-order chi connectivity index (χ1) is 11.5. The van der Waals surface area contributed by atoms with Crippen LogP contribution in [0.3, 0.4) is 0 Å². The number of benzene rings is 1. The highest BCUT2D eigenvalue weighted by Crippen LogP contribution is 2.29. The third kappa shape index (κ3) is 3.19. The molecule has 24 heavy (non-hydrogen) atoms. The summed E-state index contributed by atoms with van der Waals surface area (Å²) in [5.74, 6) is -0.0408. The molecule has 0 spiro atoms. The summed E-state index contributed by atoms with van der Waals surface area (Å²) in [5.41, 5.74) is 1.10. The highest BCUT2D eigenvalue weighted by molar-refractivity contribution is 7.87. The minimum atomic E-state index is -3.75. The van der Waals surface area contributed by atoms with Gasteiger partial charge in [0.05, 0.1) is 16.8 Å². The second kappa shape index (κ2) is 6.49. The zero-order valence-corrected chi connectivity index (χ0v) is 14.0. The second-order valence-corrected chi connectivity index (χ2v) is 7.09. The van der Waals surface area contributed by atoms with E-state index < -0.39 is 10.1 Å². The van der Waals surface area contributed by atoms with Gasteiger partial charge in [0.15, 0.2) is 5.75 Å². The lowest BCUT2D eigenvalue weighted by atomic mass is 10.1. The summed E-state index contributed by atoms with van der Waals surface area (Å²) < 4.78 is 30.9. The maximum atomic E-state index is 12.9. The van der Waals surface area contributed by atoms with Crippen LogP contribution in [0.15, 0.2) is 65.6 Å². The van der Waals surface area contributed by atoms with Gasteiger partial charge in [-0.15, -0.1) is 0 Å². The number of aromatic nitrogens is 1. The molecule has 0 saturated heterocycles. The summed E-state index contributed by atoms with van der Waals surface area (Å²) in [7, 11) is -3.75. The highest BCUT2D eigenvalue weighted by atomic mass is 32.2. The van der Waals surface area contributed by atoms with Crippen LogP contribution < -0.4 is 9.74 Å². The maximum absolute atomic E-state index is 12.9. The molecule has 2 heterocycles. The molecule has 0 bridgehead atoms. The van der Waals surface area contributed by atoms with Gasteiger partial charge in [0.1, 0.15) is 0 Å². The number of nitrogens with zero attached hydrogens (tertiary/aromatic N) is 1. The van der Waals surface area contributed by atoms with Gasteiger partial charge in [0, 0.05) is 12.3 Å². The van der Waals surface area contributed by atoms with Crippen LogP contribution in [0.2, 0.25) is 0 Å². The molecule has 0 aliphatic heterocycles. The topological polar surface area (TPSA) is 64.8 Å². The molecule has 5 nitrogen and oxygen atoms in total. The first-order valence-corrected chi connectivity index (χ1v) is 9.21. The Morgan fingerprint density at radius 3 is 2.46 bits per heavy atom. The third-order valence-corrected chi connectivity index (χ3v) is 4.92. The molecule has 3 aromatic rings. The van der Waals surface area contributed by atoms with Crippen molar-refractivity contribution in [3.05, 3.63) is 71.1 Å². The Hall–Kier alpha value is -2.60. The Labute approximate surface area is 140 Å². The molecule has 0 fully saturated rings. The van der Waals surface area contributed by atoms with E-state index >= 15 is 0 Å². The van der Waals surface area contributed by atoms with Crippen LogP contribution in [0, 0.1) is 0 Å². The van der Waals surface area contributed by atoms with Gasteiger partial charge in [-0.25, -0.2) is 0 Å². The molecule has 6 heteroatoms. The first kappa shape index (κ1) is 16.3. The molecule has 0 saturated carbocycles. The molecule has 0 aliphatic carbocycles. The van der Waals surface area contributed by atoms with Crippen LogP contribution in [-0.4, -0.2) is 18.6 Å². The molecule has 124 valence electrons. The molecular formula is C18H17NO4S. The molecule has 3 rings (SSSR count). The minimum absolute atomic E-state index is 0.0610. The number of pyridine rings is 2. The van der Waals surface area contributed by atoms with E-state index in [9.17, 15) is 13.2 Å². The molecular weight excluding hydrogens is 326 g/mol. The van der Waals surface area contributed by atoms with Crippen molar-refractivity contribution in [2.24, 2.45) is 0 Å². The zero-order chi connectivity index (χ0) is 17.2. The van der Waals surface area contributed by atoms with Crippen LogP contribution in [0.25, 0.3) is 16.6 Å². The van der Waals surface area contributed by atoms with Gasteiger partial charge < -0.3 is 4.18 Å². The summed E-state index contributed by atoms with van der Waals surface area (Å²) in [6.45, 7) is 1.76. The van der Waals surface area contributed by atoms with Crippen molar-refractivity contribution in [1.29, 1.82) is 0 Å². The van der Waals surface area contributed by atoms with Gasteiger partial charge in [-0.05, 0) is 24.1 Å². The van der Waals surface area contributed by atoms with Gasteiger partial charge >= 0.3 is 10.1 Å². The Morgan fingerprint density at radius 1 is 1.04 bits per heavy atom. The molecule has 0 amide bonds. The van der Waals surface area contributed by atoms with Gasteiger partial charge in [0.2, 0.25) is 0 Å². The average molecular weight is 343 g/mol. The van der Waals surface area contributed by atoms with E-state index in [1.54, 1.807) is 61.7 Å². The summed E-state index contributed by atoms with van der Waals surface area (Å²) in [6.07, 6.45) is 2.09. The van der Waals surface area contributed by atoms with Crippen molar-refractivity contribution in [1.82, 2.24) is 4.40 Å². The van der Waals surface area contributed by atoms with E-state index in [2.05, 4.69) is 0 Å². The molecule has 0 N–H and O–H groups in total. The van der Waals surface area contributed by atoms with Crippen molar-refractivity contribution in [3.8, 4) is 16.9 Å². The lowest BCUT2D eigenvalue weighted by Gasteiger charge is -2.13. The fourth-order valence-electron chi connectivity index (χ4n) is 2.56. The van der Waals surface area contributed by atoms with E-state index in [-0.39, 0.29) is 22.6 Å². The largest absolute Gasteiger partial charge is 0.381 e. The third-order valence-electron chi connectivity index (χ3n) is 3.58. The van der Waals surface area contributed by atoms with Crippen LogP contribution in [0.5, 0.6) is 5.75 Å². The van der Waals surface area contributed by atoms with Gasteiger partial charge in [-0.3, -0.25) is 9.20 Å². The average Bonchev–Trinajstić information content (AvgIpc) is 2.55. The highest BCUT2D eigenvalue weighted by Gasteiger charge is 2.19. The fraction of sp³-hybridized carbons (Fsp3) is 0.167. The monoisotopic (exact) mass is 343 g/mol. The number of rotatable bonds is 5. The second-order valence-electron chi connectivity index (χ2n) is 5.40. The quantitative estimate of drug-likeness (QED) is 0.668. The summed E-state index contributed by atoms with van der Waals surface area (Å²) >= 11 is 0. The molecule has 0 radical (unpaired) electrons. The van der Waals surface area contributed by atoms with E-state index in [0.29, 0.717) is 17.5 Å². The Balaban J connectivity index is 2.28. The standard InChI is InChI=1S/C18H17NO4S/c1-2-12-24(21,22)23-16-13-15-10-6-7-11-19(15)18(20)17(16)14-8-4-3-5-9-14/h3-11,13H,2,12H2,1H3. The van der Waals surface area contributed by atoms with Crippen molar-refractivity contribution < 1.29 is 12.6 Å². The van der Waals surface area contributed by atoms with Crippen LogP contribution in [0.4, 0.5) is 0 Å². The summed E-state index contributed by atoms with van der Waals surface area (Å²) in [6, 6.07) is 15.8. The van der Waals surface area contributed by atoms with Gasteiger partial charge in [0.25, 0.3) is 5.56 Å². The summed E-state index contributed by atoms with van der Waals surface area (Å²) in [4.78, 5) is 12.9. The number of hydrogen-bond acceptors (Lipinski definition) is 4. The molecule has 0 aliphatic rings. The molecule has 0 atom stereocenters. The van der Waals surface area contributed by atoms with Crippen LogP contribution in [0.1, 0.15) is 13.3 Å². The van der Waals surface area contributed by atoms with E-state index in [1.165, 1.54) is 4.40 Å². The fourth-order valence-corrected chi connectivity index (χ4v) is 3.54.